The van der Waals surface area contributed by atoms with Crippen molar-refractivity contribution in [2.75, 3.05) is 13.7 Å². The molecule has 10 heteroatoms. The zero-order chi connectivity index (χ0) is 29.1. The summed E-state index contributed by atoms with van der Waals surface area (Å²) in [6.45, 7) is 4.18. The van der Waals surface area contributed by atoms with E-state index >= 15 is 0 Å². The topological polar surface area (TPSA) is 79.1 Å². The fourth-order valence-electron chi connectivity index (χ4n) is 4.52. The minimum atomic E-state index is -0.705. The number of carbonyl (C=O) groups excluding carboxylic acids is 1. The molecule has 0 amide bonds. The first kappa shape index (κ1) is 29.0. The highest BCUT2D eigenvalue weighted by Crippen LogP contribution is 2.35. The number of thiazole rings is 1. The first-order chi connectivity index (χ1) is 19.8. The highest BCUT2D eigenvalue weighted by Gasteiger charge is 2.33. The summed E-state index contributed by atoms with van der Waals surface area (Å²) in [7, 11) is 1.58. The van der Waals surface area contributed by atoms with Gasteiger partial charge in [0.25, 0.3) is 5.56 Å². The molecular formula is C31H26Br2N2O5S. The molecule has 0 unspecified atom stereocenters. The Hall–Kier alpha value is -3.47. The van der Waals surface area contributed by atoms with Gasteiger partial charge in [-0.15, -0.1) is 0 Å². The quantitative estimate of drug-likeness (QED) is 0.214. The molecule has 1 aromatic heterocycles. The van der Waals surface area contributed by atoms with Crippen molar-refractivity contribution in [2.45, 2.75) is 26.5 Å². The van der Waals surface area contributed by atoms with Gasteiger partial charge in [0, 0.05) is 4.47 Å². The number of allylic oxidation sites excluding steroid dienone is 1. The fourth-order valence-corrected chi connectivity index (χ4v) is 6.39. The van der Waals surface area contributed by atoms with Crippen molar-refractivity contribution in [1.29, 1.82) is 0 Å². The van der Waals surface area contributed by atoms with Gasteiger partial charge < -0.3 is 14.2 Å². The van der Waals surface area contributed by atoms with Gasteiger partial charge in [-0.05, 0) is 88.9 Å². The third-order valence-electron chi connectivity index (χ3n) is 6.51. The number of hydrogen-bond donors (Lipinski definition) is 0. The molecule has 4 aromatic rings. The van der Waals surface area contributed by atoms with E-state index < -0.39 is 12.0 Å². The highest BCUT2D eigenvalue weighted by atomic mass is 79.9. The number of halogens is 2. The maximum Gasteiger partial charge on any atom is 0.338 e. The number of fused-ring (bicyclic) bond motifs is 1. The molecule has 5 rings (SSSR count). The van der Waals surface area contributed by atoms with Gasteiger partial charge in [0.2, 0.25) is 0 Å². The number of benzene rings is 3. The Morgan fingerprint density at radius 1 is 1.07 bits per heavy atom. The van der Waals surface area contributed by atoms with Crippen molar-refractivity contribution in [3.63, 3.8) is 0 Å². The first-order valence-corrected chi connectivity index (χ1v) is 15.2. The van der Waals surface area contributed by atoms with E-state index in [1.807, 2.05) is 66.7 Å². The Morgan fingerprint density at radius 3 is 2.46 bits per heavy atom. The van der Waals surface area contributed by atoms with E-state index in [0.717, 1.165) is 26.9 Å². The van der Waals surface area contributed by atoms with Gasteiger partial charge in [-0.2, -0.15) is 0 Å². The van der Waals surface area contributed by atoms with E-state index in [4.69, 9.17) is 14.2 Å². The number of aromatic nitrogens is 1. The number of methoxy groups -OCH3 is 1. The molecule has 0 fully saturated rings. The van der Waals surface area contributed by atoms with E-state index in [9.17, 15) is 9.59 Å². The smallest absolute Gasteiger partial charge is 0.338 e. The van der Waals surface area contributed by atoms with Crippen LogP contribution in [0.2, 0.25) is 0 Å². The highest BCUT2D eigenvalue weighted by molar-refractivity contribution is 9.10. The lowest BCUT2D eigenvalue weighted by Gasteiger charge is -2.25. The van der Waals surface area contributed by atoms with Crippen LogP contribution in [0.5, 0.6) is 11.5 Å². The number of carbonyl (C=O) groups is 1. The van der Waals surface area contributed by atoms with Gasteiger partial charge in [-0.1, -0.05) is 57.6 Å². The van der Waals surface area contributed by atoms with Crippen LogP contribution in [0, 0.1) is 0 Å². The number of rotatable bonds is 8. The molecule has 1 atom stereocenters. The van der Waals surface area contributed by atoms with Crippen LogP contribution in [0.25, 0.3) is 6.08 Å². The van der Waals surface area contributed by atoms with Crippen molar-refractivity contribution in [3.05, 3.63) is 123 Å². The molecule has 0 saturated carbocycles. The van der Waals surface area contributed by atoms with E-state index in [0.29, 0.717) is 37.4 Å². The molecular weight excluding hydrogens is 672 g/mol. The van der Waals surface area contributed by atoms with Crippen molar-refractivity contribution in [2.24, 2.45) is 4.99 Å². The Kier molecular flexibility index (Phi) is 8.91. The second kappa shape index (κ2) is 12.6. The second-order valence-electron chi connectivity index (χ2n) is 9.18. The molecule has 3 aromatic carbocycles. The minimum absolute atomic E-state index is 0.210. The SMILES string of the molecule is CCOC(=O)C1=C(C)N=c2s/c(=C/c3ccc(OCc4ccc(Br)cc4)cc3)c(=O)n2[C@@H]1c1ccc(OC)c(Br)c1. The first-order valence-electron chi connectivity index (χ1n) is 12.8. The van der Waals surface area contributed by atoms with Gasteiger partial charge >= 0.3 is 5.97 Å². The van der Waals surface area contributed by atoms with E-state index in [2.05, 4.69) is 36.9 Å². The van der Waals surface area contributed by atoms with Crippen LogP contribution in [-0.4, -0.2) is 24.3 Å². The van der Waals surface area contributed by atoms with Crippen LogP contribution in [0.4, 0.5) is 0 Å². The molecule has 1 aliphatic rings. The van der Waals surface area contributed by atoms with Gasteiger partial charge in [-0.3, -0.25) is 9.36 Å². The van der Waals surface area contributed by atoms with E-state index in [1.165, 1.54) is 11.3 Å². The zero-order valence-electron chi connectivity index (χ0n) is 22.5. The number of nitrogens with zero attached hydrogens (tertiary/aromatic N) is 2. The summed E-state index contributed by atoms with van der Waals surface area (Å²) in [5, 5.41) is 0. The largest absolute Gasteiger partial charge is 0.496 e. The molecule has 2 heterocycles. The average molecular weight is 698 g/mol. The van der Waals surface area contributed by atoms with Crippen molar-refractivity contribution in [3.8, 4) is 11.5 Å². The Bertz CT molecular complexity index is 1810. The third kappa shape index (κ3) is 6.24. The third-order valence-corrected chi connectivity index (χ3v) is 8.64. The molecule has 0 saturated heterocycles. The van der Waals surface area contributed by atoms with Gasteiger partial charge in [0.15, 0.2) is 4.80 Å². The van der Waals surface area contributed by atoms with Crippen LogP contribution in [0.3, 0.4) is 0 Å². The molecule has 0 N–H and O–H groups in total. The minimum Gasteiger partial charge on any atom is -0.496 e. The molecule has 1 aliphatic heterocycles. The number of hydrogen-bond acceptors (Lipinski definition) is 7. The molecule has 7 nitrogen and oxygen atoms in total. The molecule has 0 bridgehead atoms. The monoisotopic (exact) mass is 696 g/mol. The second-order valence-corrected chi connectivity index (χ2v) is 12.0. The van der Waals surface area contributed by atoms with Crippen LogP contribution in [0.15, 0.2) is 96.7 Å². The maximum atomic E-state index is 13.8. The molecule has 0 aliphatic carbocycles. The summed E-state index contributed by atoms with van der Waals surface area (Å²) in [5.74, 6) is 0.869. The molecule has 41 heavy (non-hydrogen) atoms. The van der Waals surface area contributed by atoms with Gasteiger partial charge in [0.05, 0.1) is 40.0 Å². The Balaban J connectivity index is 1.51. The van der Waals surface area contributed by atoms with E-state index in [1.54, 1.807) is 31.6 Å². The Morgan fingerprint density at radius 2 is 1.80 bits per heavy atom. The zero-order valence-corrected chi connectivity index (χ0v) is 26.5. The van der Waals surface area contributed by atoms with E-state index in [-0.39, 0.29) is 12.2 Å². The maximum absolute atomic E-state index is 13.8. The number of ether oxygens (including phenoxy) is 3. The predicted octanol–water partition coefficient (Wildman–Crippen LogP) is 5.91. The Labute approximate surface area is 257 Å². The lowest BCUT2D eigenvalue weighted by molar-refractivity contribution is -0.139. The number of esters is 1. The normalized spacial score (nSPS) is 14.9. The van der Waals surface area contributed by atoms with Crippen LogP contribution in [0.1, 0.15) is 36.6 Å². The van der Waals surface area contributed by atoms with Crippen molar-refractivity contribution < 1.29 is 19.0 Å². The van der Waals surface area contributed by atoms with Gasteiger partial charge in [0.1, 0.15) is 18.1 Å². The lowest BCUT2D eigenvalue weighted by Crippen LogP contribution is -2.39. The molecule has 0 radical (unpaired) electrons. The van der Waals surface area contributed by atoms with Crippen molar-refractivity contribution in [1.82, 2.24) is 4.57 Å². The fraction of sp³-hybridized carbons (Fsp3) is 0.194. The van der Waals surface area contributed by atoms with Crippen molar-refractivity contribution >= 4 is 55.2 Å². The summed E-state index contributed by atoms with van der Waals surface area (Å²) in [5.41, 5.74) is 3.24. The summed E-state index contributed by atoms with van der Waals surface area (Å²) < 4.78 is 20.5. The summed E-state index contributed by atoms with van der Waals surface area (Å²) in [6.07, 6.45) is 1.83. The van der Waals surface area contributed by atoms with Crippen LogP contribution < -0.4 is 24.4 Å². The predicted molar refractivity (Wildman–Crippen MR) is 166 cm³/mol. The summed E-state index contributed by atoms with van der Waals surface area (Å²) in [6, 6.07) is 20.3. The summed E-state index contributed by atoms with van der Waals surface area (Å²) in [4.78, 5) is 32.1. The lowest BCUT2D eigenvalue weighted by atomic mass is 9.96. The summed E-state index contributed by atoms with van der Waals surface area (Å²) >= 11 is 8.25. The average Bonchev–Trinajstić information content (AvgIpc) is 3.26. The molecule has 210 valence electrons. The van der Waals surface area contributed by atoms with Crippen LogP contribution >= 0.6 is 43.2 Å². The van der Waals surface area contributed by atoms with Gasteiger partial charge in [-0.25, -0.2) is 9.79 Å². The van der Waals surface area contributed by atoms with Crippen LogP contribution in [-0.2, 0) is 16.1 Å². The molecule has 0 spiro atoms. The standard InChI is InChI=1S/C31H26Br2N2O5S/c1-4-39-30(37)27-18(2)34-31-35(28(27)21-9-14-25(38-3)24(33)16-21)29(36)26(41-31)15-19-7-12-23(13-8-19)40-17-20-5-10-22(32)11-6-20/h5-16,28H,4,17H2,1-3H3/b26-15+/t28-/m1/s1.